The van der Waals surface area contributed by atoms with E-state index in [0.717, 1.165) is 10.5 Å². The Hall–Kier alpha value is -2.97. The second-order valence-electron chi connectivity index (χ2n) is 5.90. The van der Waals surface area contributed by atoms with Crippen molar-refractivity contribution < 1.29 is 24.2 Å². The summed E-state index contributed by atoms with van der Waals surface area (Å²) in [6.07, 6.45) is 0.681. The van der Waals surface area contributed by atoms with Crippen LogP contribution < -0.4 is 15.2 Å². The van der Waals surface area contributed by atoms with Gasteiger partial charge in [0.05, 0.1) is 6.04 Å². The van der Waals surface area contributed by atoms with Gasteiger partial charge in [-0.2, -0.15) is 0 Å². The van der Waals surface area contributed by atoms with Crippen molar-refractivity contribution in [3.8, 4) is 11.5 Å². The van der Waals surface area contributed by atoms with Crippen molar-refractivity contribution in [1.29, 1.82) is 0 Å². The highest BCUT2D eigenvalue weighted by Gasteiger charge is 2.50. The zero-order chi connectivity index (χ0) is 18.0. The van der Waals surface area contributed by atoms with Gasteiger partial charge < -0.3 is 25.2 Å². The Bertz CT molecular complexity index is 759. The van der Waals surface area contributed by atoms with Gasteiger partial charge in [0.25, 0.3) is 0 Å². The van der Waals surface area contributed by atoms with Crippen LogP contribution >= 0.6 is 0 Å². The number of rotatable bonds is 5. The Morgan fingerprint density at radius 2 is 2.20 bits per heavy atom. The number of nitrogens with zero attached hydrogens (tertiary/aromatic N) is 4. The standard InChI is InChI=1S/C15H17N5O5/c16-10(6-9-2-3-11-12(7-9)25-8-24-11)13(21)20-5-1-4-15(20,14(22)23)18-19-17/h2-3,7,10H,1,4-6,8,16H2,(H,22,23)/t10-,15+/m1/s1. The Labute approximate surface area is 142 Å². The van der Waals surface area contributed by atoms with Gasteiger partial charge in [-0.15, -0.1) is 0 Å². The fraction of sp³-hybridized carbons (Fsp3) is 0.467. The number of benzene rings is 1. The first-order chi connectivity index (χ1) is 12.0. The fourth-order valence-electron chi connectivity index (χ4n) is 3.15. The minimum atomic E-state index is -1.90. The van der Waals surface area contributed by atoms with E-state index in [0.29, 0.717) is 17.9 Å². The monoisotopic (exact) mass is 347 g/mol. The molecule has 10 nitrogen and oxygen atoms in total. The third-order valence-electron chi connectivity index (χ3n) is 4.38. The van der Waals surface area contributed by atoms with E-state index in [1.807, 2.05) is 0 Å². The molecule has 2 heterocycles. The molecule has 1 amide bonds. The molecule has 25 heavy (non-hydrogen) atoms. The van der Waals surface area contributed by atoms with Crippen LogP contribution in [-0.4, -0.2) is 46.9 Å². The number of aliphatic carboxylic acids is 1. The highest BCUT2D eigenvalue weighted by Crippen LogP contribution is 2.34. The number of azide groups is 1. The van der Waals surface area contributed by atoms with E-state index < -0.39 is 23.6 Å². The van der Waals surface area contributed by atoms with Gasteiger partial charge in [0.2, 0.25) is 18.4 Å². The van der Waals surface area contributed by atoms with Crippen LogP contribution in [0.15, 0.2) is 23.3 Å². The van der Waals surface area contributed by atoms with Crippen LogP contribution in [0, 0.1) is 0 Å². The number of hydrogen-bond donors (Lipinski definition) is 2. The summed E-state index contributed by atoms with van der Waals surface area (Å²) in [6.45, 7) is 0.323. The molecular formula is C15H17N5O5. The number of carbonyl (C=O) groups excluding carboxylic acids is 1. The van der Waals surface area contributed by atoms with Crippen molar-refractivity contribution in [3.63, 3.8) is 0 Å². The molecule has 1 aromatic rings. The second kappa shape index (κ2) is 6.50. The number of nitrogens with two attached hydrogens (primary N) is 1. The first-order valence-corrected chi connectivity index (χ1v) is 7.73. The van der Waals surface area contributed by atoms with E-state index in [4.69, 9.17) is 20.7 Å². The molecule has 3 rings (SSSR count). The Kier molecular flexibility index (Phi) is 4.39. The van der Waals surface area contributed by atoms with Crippen LogP contribution in [-0.2, 0) is 16.0 Å². The molecule has 0 saturated carbocycles. The van der Waals surface area contributed by atoms with Crippen LogP contribution in [0.25, 0.3) is 10.4 Å². The average Bonchev–Trinajstić information content (AvgIpc) is 3.21. The molecule has 0 radical (unpaired) electrons. The normalized spacial score (nSPS) is 22.4. The molecule has 0 bridgehead atoms. The Balaban J connectivity index is 1.77. The number of carboxylic acids is 1. The van der Waals surface area contributed by atoms with E-state index in [2.05, 4.69) is 10.0 Å². The summed E-state index contributed by atoms with van der Waals surface area (Å²) in [4.78, 5) is 28.0. The smallest absolute Gasteiger partial charge is 0.335 e. The quantitative estimate of drug-likeness (QED) is 0.460. The van der Waals surface area contributed by atoms with Crippen LogP contribution in [0.1, 0.15) is 18.4 Å². The van der Waals surface area contributed by atoms with E-state index in [9.17, 15) is 14.7 Å². The lowest BCUT2D eigenvalue weighted by molar-refractivity contribution is -0.156. The molecule has 1 fully saturated rings. The highest BCUT2D eigenvalue weighted by atomic mass is 16.7. The van der Waals surface area contributed by atoms with Crippen LogP contribution in [0.3, 0.4) is 0 Å². The lowest BCUT2D eigenvalue weighted by Crippen LogP contribution is -2.56. The van der Waals surface area contributed by atoms with Gasteiger partial charge in [-0.3, -0.25) is 4.79 Å². The predicted octanol–water partition coefficient (Wildman–Crippen LogP) is 0.999. The third kappa shape index (κ3) is 2.92. The van der Waals surface area contributed by atoms with Gasteiger partial charge in [-0.1, -0.05) is 11.2 Å². The number of likely N-dealkylation sites (tertiary alicyclic amines) is 1. The average molecular weight is 347 g/mol. The predicted molar refractivity (Wildman–Crippen MR) is 84.7 cm³/mol. The molecule has 1 saturated heterocycles. The third-order valence-corrected chi connectivity index (χ3v) is 4.38. The maximum atomic E-state index is 12.7. The molecule has 132 valence electrons. The molecule has 10 heteroatoms. The van der Waals surface area contributed by atoms with Crippen molar-refractivity contribution in [2.24, 2.45) is 10.8 Å². The molecule has 3 N–H and O–H groups in total. The van der Waals surface area contributed by atoms with Crippen molar-refractivity contribution in [3.05, 3.63) is 34.2 Å². The van der Waals surface area contributed by atoms with Crippen LogP contribution in [0.2, 0.25) is 0 Å². The molecule has 1 aromatic carbocycles. The van der Waals surface area contributed by atoms with Gasteiger partial charge in [0.1, 0.15) is 0 Å². The van der Waals surface area contributed by atoms with Crippen LogP contribution in [0.5, 0.6) is 11.5 Å². The lowest BCUT2D eigenvalue weighted by Gasteiger charge is -2.32. The summed E-state index contributed by atoms with van der Waals surface area (Å²) < 4.78 is 10.5. The highest BCUT2D eigenvalue weighted by molar-refractivity contribution is 5.90. The fourth-order valence-corrected chi connectivity index (χ4v) is 3.15. The second-order valence-corrected chi connectivity index (χ2v) is 5.90. The SMILES string of the molecule is [N-]=[N+]=N[C@@]1(C(=O)O)CCCN1C(=O)[C@H](N)Cc1ccc2c(c1)OCO2. The van der Waals surface area contributed by atoms with Crippen molar-refractivity contribution >= 4 is 11.9 Å². The summed E-state index contributed by atoms with van der Waals surface area (Å²) >= 11 is 0. The number of fused-ring (bicyclic) bond motifs is 1. The van der Waals surface area contributed by atoms with Crippen molar-refractivity contribution in [2.45, 2.75) is 31.0 Å². The largest absolute Gasteiger partial charge is 0.479 e. The van der Waals surface area contributed by atoms with Gasteiger partial charge in [0, 0.05) is 11.5 Å². The zero-order valence-electron chi connectivity index (χ0n) is 13.3. The van der Waals surface area contributed by atoms with Gasteiger partial charge in [-0.05, 0) is 42.5 Å². The number of amides is 1. The maximum absolute atomic E-state index is 12.7. The molecule has 0 spiro atoms. The molecular weight excluding hydrogens is 330 g/mol. The van der Waals surface area contributed by atoms with Gasteiger partial charge in [0.15, 0.2) is 11.5 Å². The van der Waals surface area contributed by atoms with E-state index in [1.165, 1.54) is 0 Å². The maximum Gasteiger partial charge on any atom is 0.335 e. The van der Waals surface area contributed by atoms with Crippen molar-refractivity contribution in [2.75, 3.05) is 13.3 Å². The van der Waals surface area contributed by atoms with Crippen molar-refractivity contribution in [1.82, 2.24) is 4.90 Å². The van der Waals surface area contributed by atoms with Gasteiger partial charge in [-0.25, -0.2) is 4.79 Å². The summed E-state index contributed by atoms with van der Waals surface area (Å²) in [6, 6.07) is 4.26. The van der Waals surface area contributed by atoms with Crippen LogP contribution in [0.4, 0.5) is 0 Å². The minimum Gasteiger partial charge on any atom is -0.479 e. The molecule has 2 aliphatic heterocycles. The molecule has 0 aliphatic carbocycles. The Morgan fingerprint density at radius 3 is 2.92 bits per heavy atom. The number of carboxylic acid groups (broad SMARTS) is 1. The summed E-state index contributed by atoms with van der Waals surface area (Å²) in [7, 11) is 0. The number of carbonyl (C=O) groups is 2. The molecule has 2 atom stereocenters. The lowest BCUT2D eigenvalue weighted by atomic mass is 10.0. The van der Waals surface area contributed by atoms with Gasteiger partial charge >= 0.3 is 5.97 Å². The first kappa shape index (κ1) is 16.9. The summed E-state index contributed by atoms with van der Waals surface area (Å²) in [5.74, 6) is -0.722. The summed E-state index contributed by atoms with van der Waals surface area (Å²) in [5, 5.41) is 12.8. The number of ether oxygens (including phenoxy) is 2. The van der Waals surface area contributed by atoms with E-state index in [1.54, 1.807) is 18.2 Å². The minimum absolute atomic E-state index is 0.0644. The molecule has 2 aliphatic rings. The zero-order valence-corrected chi connectivity index (χ0v) is 13.3. The molecule has 0 unspecified atom stereocenters. The van der Waals surface area contributed by atoms with E-state index in [-0.39, 0.29) is 26.2 Å². The number of hydrogen-bond acceptors (Lipinski definition) is 6. The Morgan fingerprint density at radius 1 is 1.44 bits per heavy atom. The first-order valence-electron chi connectivity index (χ1n) is 7.73. The molecule has 0 aromatic heterocycles. The topological polar surface area (TPSA) is 151 Å². The van der Waals surface area contributed by atoms with E-state index >= 15 is 0 Å². The summed E-state index contributed by atoms with van der Waals surface area (Å²) in [5.41, 5.74) is 13.6.